The average molecular weight is 483 g/mol. The first kappa shape index (κ1) is 23.5. The van der Waals surface area contributed by atoms with E-state index in [9.17, 15) is 14.0 Å². The number of nitrogens with one attached hydrogen (secondary N) is 1. The smallest absolute Gasteiger partial charge is 0.258 e. The summed E-state index contributed by atoms with van der Waals surface area (Å²) in [5, 5.41) is 3.02. The molecule has 1 aliphatic rings. The third-order valence-electron chi connectivity index (χ3n) is 5.69. The number of hydrogen-bond acceptors (Lipinski definition) is 5. The van der Waals surface area contributed by atoms with E-state index in [1.54, 1.807) is 30.3 Å². The van der Waals surface area contributed by atoms with Crippen molar-refractivity contribution in [2.75, 3.05) is 38.2 Å². The highest BCUT2D eigenvalue weighted by Crippen LogP contribution is 2.24. The zero-order chi connectivity index (χ0) is 24.1. The van der Waals surface area contributed by atoms with E-state index in [2.05, 4.69) is 10.3 Å². The summed E-state index contributed by atoms with van der Waals surface area (Å²) in [6.07, 6.45) is 1.63. The van der Waals surface area contributed by atoms with E-state index in [1.807, 2.05) is 29.2 Å². The Morgan fingerprint density at radius 3 is 2.47 bits per heavy atom. The predicted molar refractivity (Wildman–Crippen MR) is 128 cm³/mol. The van der Waals surface area contributed by atoms with E-state index in [4.69, 9.17) is 16.3 Å². The number of benzene rings is 2. The molecule has 2 heterocycles. The summed E-state index contributed by atoms with van der Waals surface area (Å²) in [5.74, 6) is -0.0254. The van der Waals surface area contributed by atoms with Crippen LogP contribution in [-0.2, 0) is 6.54 Å². The molecule has 1 aliphatic heterocycles. The van der Waals surface area contributed by atoms with Crippen molar-refractivity contribution < 1.29 is 18.7 Å². The molecule has 0 bridgehead atoms. The van der Waals surface area contributed by atoms with E-state index in [-0.39, 0.29) is 16.5 Å². The molecule has 2 aromatic carbocycles. The number of methoxy groups -OCH3 is 1. The van der Waals surface area contributed by atoms with Crippen molar-refractivity contribution in [2.45, 2.75) is 6.54 Å². The summed E-state index contributed by atoms with van der Waals surface area (Å²) < 4.78 is 19.3. The normalized spacial score (nSPS) is 13.5. The van der Waals surface area contributed by atoms with E-state index >= 15 is 0 Å². The molecule has 0 spiro atoms. The summed E-state index contributed by atoms with van der Waals surface area (Å²) in [7, 11) is 1.60. The number of anilines is 1. The molecule has 9 heteroatoms. The second kappa shape index (κ2) is 10.5. The summed E-state index contributed by atoms with van der Waals surface area (Å²) in [6.45, 7) is 1.98. The highest BCUT2D eigenvalue weighted by Gasteiger charge is 2.28. The van der Waals surface area contributed by atoms with Crippen molar-refractivity contribution >= 4 is 29.2 Å². The van der Waals surface area contributed by atoms with Crippen LogP contribution >= 0.6 is 11.6 Å². The fraction of sp³-hybridized carbons (Fsp3) is 0.240. The summed E-state index contributed by atoms with van der Waals surface area (Å²) in [5.41, 5.74) is 1.28. The number of pyridine rings is 1. The number of hydrogen-bond donors (Lipinski definition) is 1. The molecule has 0 unspecified atom stereocenters. The van der Waals surface area contributed by atoms with Gasteiger partial charge in [0.2, 0.25) is 0 Å². The van der Waals surface area contributed by atoms with Crippen LogP contribution in [0.25, 0.3) is 0 Å². The summed E-state index contributed by atoms with van der Waals surface area (Å²) in [6, 6.07) is 15.1. The third-order valence-corrected chi connectivity index (χ3v) is 6.00. The molecule has 1 fully saturated rings. The topological polar surface area (TPSA) is 74.8 Å². The van der Waals surface area contributed by atoms with Gasteiger partial charge in [0, 0.05) is 38.9 Å². The highest BCUT2D eigenvalue weighted by molar-refractivity contribution is 6.33. The first-order chi connectivity index (χ1) is 16.5. The maximum atomic E-state index is 14.2. The number of nitrogens with zero attached hydrogens (tertiary/aromatic N) is 3. The van der Waals surface area contributed by atoms with Gasteiger partial charge in [-0.2, -0.15) is 0 Å². The maximum Gasteiger partial charge on any atom is 0.258 e. The van der Waals surface area contributed by atoms with Gasteiger partial charge in [-0.05, 0) is 42.0 Å². The number of rotatable bonds is 6. The molecule has 1 aromatic heterocycles. The summed E-state index contributed by atoms with van der Waals surface area (Å²) >= 11 is 6.05. The second-order valence-corrected chi connectivity index (χ2v) is 8.19. The molecular formula is C25H24ClFN4O3. The Bertz CT molecular complexity index is 1160. The van der Waals surface area contributed by atoms with Gasteiger partial charge in [0.15, 0.2) is 0 Å². The Hall–Kier alpha value is -3.65. The first-order valence-electron chi connectivity index (χ1n) is 10.8. The molecule has 2 amide bonds. The molecule has 0 saturated carbocycles. The number of carbonyl (C=O) groups is 2. The van der Waals surface area contributed by atoms with Crippen LogP contribution in [0.2, 0.25) is 5.02 Å². The molecule has 34 heavy (non-hydrogen) atoms. The van der Waals surface area contributed by atoms with Crippen molar-refractivity contribution in [3.05, 3.63) is 88.3 Å². The van der Waals surface area contributed by atoms with Crippen molar-refractivity contribution in [1.82, 2.24) is 15.2 Å². The van der Waals surface area contributed by atoms with Crippen LogP contribution in [0.15, 0.2) is 60.8 Å². The maximum absolute atomic E-state index is 14.2. The quantitative estimate of drug-likeness (QED) is 0.579. The SMILES string of the molecule is COc1ccc(CNC(=O)c2cccnc2N2CCN(C(=O)c3c(F)cccc3Cl)CC2)cc1. The third kappa shape index (κ3) is 5.12. The van der Waals surface area contributed by atoms with Gasteiger partial charge in [-0.1, -0.05) is 29.8 Å². The number of halogens is 2. The van der Waals surface area contributed by atoms with Crippen LogP contribution in [0, 0.1) is 5.82 Å². The van der Waals surface area contributed by atoms with Crippen molar-refractivity contribution in [1.29, 1.82) is 0 Å². The van der Waals surface area contributed by atoms with Crippen molar-refractivity contribution in [3.63, 3.8) is 0 Å². The van der Waals surface area contributed by atoms with Gasteiger partial charge in [-0.3, -0.25) is 9.59 Å². The Morgan fingerprint density at radius 1 is 1.06 bits per heavy atom. The van der Waals surface area contributed by atoms with Gasteiger partial charge < -0.3 is 19.9 Å². The molecule has 7 nitrogen and oxygen atoms in total. The molecule has 4 rings (SSSR count). The Labute approximate surface area is 202 Å². The van der Waals surface area contributed by atoms with Gasteiger partial charge in [-0.25, -0.2) is 9.37 Å². The standard InChI is InChI=1S/C25H24ClFN4O3/c1-34-18-9-7-17(8-10-18)16-29-24(32)19-4-3-11-28-23(19)30-12-14-31(15-13-30)25(33)22-20(26)5-2-6-21(22)27/h2-11H,12-16H2,1H3,(H,29,32). The van der Waals surface area contributed by atoms with Gasteiger partial charge in [0.1, 0.15) is 17.4 Å². The monoisotopic (exact) mass is 482 g/mol. The van der Waals surface area contributed by atoms with E-state index in [1.165, 1.54) is 18.2 Å². The lowest BCUT2D eigenvalue weighted by molar-refractivity contribution is 0.0741. The number of ether oxygens (including phenoxy) is 1. The summed E-state index contributed by atoms with van der Waals surface area (Å²) in [4.78, 5) is 33.7. The first-order valence-corrected chi connectivity index (χ1v) is 11.2. The largest absolute Gasteiger partial charge is 0.497 e. The average Bonchev–Trinajstić information content (AvgIpc) is 2.87. The van der Waals surface area contributed by atoms with Crippen LogP contribution in [-0.4, -0.2) is 55.0 Å². The van der Waals surface area contributed by atoms with Crippen LogP contribution in [0.3, 0.4) is 0 Å². The zero-order valence-electron chi connectivity index (χ0n) is 18.6. The Morgan fingerprint density at radius 2 is 1.79 bits per heavy atom. The fourth-order valence-electron chi connectivity index (χ4n) is 3.83. The molecule has 0 atom stereocenters. The van der Waals surface area contributed by atoms with Crippen molar-refractivity contribution in [2.24, 2.45) is 0 Å². The van der Waals surface area contributed by atoms with Gasteiger partial charge in [-0.15, -0.1) is 0 Å². The molecule has 3 aromatic rings. The fourth-order valence-corrected chi connectivity index (χ4v) is 4.07. The lowest BCUT2D eigenvalue weighted by Gasteiger charge is -2.36. The van der Waals surface area contributed by atoms with Gasteiger partial charge in [0.05, 0.1) is 23.3 Å². The minimum Gasteiger partial charge on any atom is -0.497 e. The zero-order valence-corrected chi connectivity index (χ0v) is 19.4. The van der Waals surface area contributed by atoms with Crippen LogP contribution in [0.5, 0.6) is 5.75 Å². The van der Waals surface area contributed by atoms with Crippen LogP contribution in [0.4, 0.5) is 10.2 Å². The van der Waals surface area contributed by atoms with E-state index in [0.717, 1.165) is 11.3 Å². The molecule has 0 aliphatic carbocycles. The van der Waals surface area contributed by atoms with Crippen molar-refractivity contribution in [3.8, 4) is 5.75 Å². The van der Waals surface area contributed by atoms with Gasteiger partial charge >= 0.3 is 0 Å². The molecular weight excluding hydrogens is 459 g/mol. The lowest BCUT2D eigenvalue weighted by Crippen LogP contribution is -2.49. The minimum absolute atomic E-state index is 0.0907. The molecule has 1 saturated heterocycles. The molecule has 0 radical (unpaired) electrons. The van der Waals surface area contributed by atoms with Gasteiger partial charge in [0.25, 0.3) is 11.8 Å². The lowest BCUT2D eigenvalue weighted by atomic mass is 10.1. The molecule has 176 valence electrons. The number of carbonyl (C=O) groups excluding carboxylic acids is 2. The minimum atomic E-state index is -0.638. The van der Waals surface area contributed by atoms with E-state index < -0.39 is 11.7 Å². The molecule has 1 N–H and O–H groups in total. The van der Waals surface area contributed by atoms with Crippen LogP contribution < -0.4 is 15.0 Å². The van der Waals surface area contributed by atoms with E-state index in [0.29, 0.717) is 44.1 Å². The van der Waals surface area contributed by atoms with Crippen LogP contribution in [0.1, 0.15) is 26.3 Å². The second-order valence-electron chi connectivity index (χ2n) is 7.78. The number of amides is 2. The number of piperazine rings is 1. The Balaban J connectivity index is 1.41. The predicted octanol–water partition coefficient (Wildman–Crippen LogP) is 3.78. The highest BCUT2D eigenvalue weighted by atomic mass is 35.5. The Kier molecular flexibility index (Phi) is 7.27. The number of aromatic nitrogens is 1.